The molecule has 3 rings (SSSR count). The highest BCUT2D eigenvalue weighted by Gasteiger charge is 2.10. The second-order valence-corrected chi connectivity index (χ2v) is 6.98. The maximum Gasteiger partial charge on any atom is 0.321 e. The van der Waals surface area contributed by atoms with Crippen molar-refractivity contribution < 1.29 is 4.79 Å². The number of hydrogen-bond acceptors (Lipinski definition) is 5. The molecule has 24 heavy (non-hydrogen) atoms. The highest BCUT2D eigenvalue weighted by molar-refractivity contribution is 7.22. The van der Waals surface area contributed by atoms with Crippen LogP contribution in [-0.2, 0) is 0 Å². The topological polar surface area (TPSA) is 81.0 Å². The van der Waals surface area contributed by atoms with Crippen LogP contribution in [0.5, 0.6) is 0 Å². The number of benzene rings is 1. The van der Waals surface area contributed by atoms with Crippen molar-refractivity contribution in [2.45, 2.75) is 25.7 Å². The lowest BCUT2D eigenvalue weighted by atomic mass is 10.1. The number of likely N-dealkylation sites (tertiary alicyclic amines) is 1. The van der Waals surface area contributed by atoms with Gasteiger partial charge in [0.2, 0.25) is 0 Å². The Kier molecular flexibility index (Phi) is 5.62. The van der Waals surface area contributed by atoms with E-state index in [9.17, 15) is 4.79 Å². The van der Waals surface area contributed by atoms with Gasteiger partial charge in [-0.3, -0.25) is 5.32 Å². The van der Waals surface area contributed by atoms with E-state index < -0.39 is 0 Å². The van der Waals surface area contributed by atoms with Crippen LogP contribution in [0.25, 0.3) is 10.2 Å². The summed E-state index contributed by atoms with van der Waals surface area (Å²) < 4.78 is 0.898. The zero-order valence-electron chi connectivity index (χ0n) is 13.5. The van der Waals surface area contributed by atoms with E-state index in [4.69, 9.17) is 5.26 Å². The summed E-state index contributed by atoms with van der Waals surface area (Å²) in [5.74, 6) is 0. The molecule has 2 amide bonds. The largest absolute Gasteiger partial charge is 0.338 e. The lowest BCUT2D eigenvalue weighted by Crippen LogP contribution is -2.34. The smallest absolute Gasteiger partial charge is 0.321 e. The molecule has 2 heterocycles. The van der Waals surface area contributed by atoms with E-state index in [2.05, 4.69) is 26.6 Å². The van der Waals surface area contributed by atoms with Gasteiger partial charge in [0.25, 0.3) is 0 Å². The molecule has 1 aliphatic rings. The molecule has 0 bridgehead atoms. The number of nitriles is 1. The fourth-order valence-corrected chi connectivity index (χ4v) is 3.78. The summed E-state index contributed by atoms with van der Waals surface area (Å²) in [6.07, 6.45) is 4.88. The van der Waals surface area contributed by atoms with Crippen molar-refractivity contribution in [2.75, 3.05) is 31.5 Å². The third-order valence-corrected chi connectivity index (χ3v) is 5.06. The number of amides is 2. The van der Waals surface area contributed by atoms with Crippen molar-refractivity contribution in [2.24, 2.45) is 0 Å². The molecule has 0 spiro atoms. The van der Waals surface area contributed by atoms with E-state index in [0.29, 0.717) is 17.2 Å². The molecule has 1 aliphatic heterocycles. The van der Waals surface area contributed by atoms with Gasteiger partial charge in [-0.1, -0.05) is 17.8 Å². The number of rotatable bonds is 5. The zero-order valence-corrected chi connectivity index (χ0v) is 14.4. The van der Waals surface area contributed by atoms with Crippen LogP contribution in [0, 0.1) is 11.3 Å². The summed E-state index contributed by atoms with van der Waals surface area (Å²) in [6, 6.07) is 7.19. The van der Waals surface area contributed by atoms with Crippen LogP contribution < -0.4 is 10.6 Å². The summed E-state index contributed by atoms with van der Waals surface area (Å²) in [5.41, 5.74) is 1.39. The lowest BCUT2D eigenvalue weighted by molar-refractivity contribution is 0.224. The van der Waals surface area contributed by atoms with E-state index in [-0.39, 0.29) is 6.03 Å². The first-order valence-corrected chi connectivity index (χ1v) is 9.14. The molecule has 0 saturated carbocycles. The molecular weight excluding hydrogens is 322 g/mol. The monoisotopic (exact) mass is 343 g/mol. The highest BCUT2D eigenvalue weighted by Crippen LogP contribution is 2.26. The zero-order chi connectivity index (χ0) is 16.8. The summed E-state index contributed by atoms with van der Waals surface area (Å²) in [5, 5.41) is 15.1. The van der Waals surface area contributed by atoms with Gasteiger partial charge in [0.15, 0.2) is 5.13 Å². The van der Waals surface area contributed by atoms with Crippen molar-refractivity contribution in [3.8, 4) is 6.07 Å². The number of carbonyl (C=O) groups is 1. The van der Waals surface area contributed by atoms with Crippen LogP contribution >= 0.6 is 11.3 Å². The maximum absolute atomic E-state index is 11.9. The number of hydrogen-bond donors (Lipinski definition) is 2. The molecule has 1 aromatic heterocycles. The van der Waals surface area contributed by atoms with Crippen molar-refractivity contribution in [3.05, 3.63) is 23.8 Å². The molecule has 0 radical (unpaired) electrons. The molecule has 1 saturated heterocycles. The second kappa shape index (κ2) is 8.08. The Labute approximate surface area is 145 Å². The molecule has 6 nitrogen and oxygen atoms in total. The number of carbonyl (C=O) groups excluding carboxylic acids is 1. The van der Waals surface area contributed by atoms with Gasteiger partial charge >= 0.3 is 6.03 Å². The third-order valence-electron chi connectivity index (χ3n) is 4.12. The van der Waals surface area contributed by atoms with E-state index in [0.717, 1.165) is 23.2 Å². The Bertz CT molecular complexity index is 745. The van der Waals surface area contributed by atoms with Gasteiger partial charge in [0.1, 0.15) is 0 Å². The minimum atomic E-state index is -0.229. The van der Waals surface area contributed by atoms with Crippen molar-refractivity contribution in [1.82, 2.24) is 15.2 Å². The number of urea groups is 1. The Morgan fingerprint density at radius 1 is 1.33 bits per heavy atom. The molecule has 1 aromatic carbocycles. The van der Waals surface area contributed by atoms with Gasteiger partial charge in [0.05, 0.1) is 21.8 Å². The van der Waals surface area contributed by atoms with Gasteiger partial charge in [-0.2, -0.15) is 5.26 Å². The Morgan fingerprint density at radius 3 is 2.96 bits per heavy atom. The van der Waals surface area contributed by atoms with Crippen LogP contribution in [0.2, 0.25) is 0 Å². The molecule has 126 valence electrons. The van der Waals surface area contributed by atoms with Crippen molar-refractivity contribution in [1.29, 1.82) is 5.26 Å². The Morgan fingerprint density at radius 2 is 2.17 bits per heavy atom. The first kappa shape index (κ1) is 16.7. The second-order valence-electron chi connectivity index (χ2n) is 5.95. The van der Waals surface area contributed by atoms with Crippen molar-refractivity contribution in [3.63, 3.8) is 0 Å². The Balaban J connectivity index is 1.43. The number of nitrogens with one attached hydrogen (secondary N) is 2. The number of piperidine rings is 1. The van der Waals surface area contributed by atoms with Gasteiger partial charge in [-0.05, 0) is 57.1 Å². The summed E-state index contributed by atoms with van der Waals surface area (Å²) in [6.45, 7) is 4.06. The molecule has 0 unspecified atom stereocenters. The molecule has 7 heteroatoms. The predicted molar refractivity (Wildman–Crippen MR) is 96.3 cm³/mol. The van der Waals surface area contributed by atoms with Crippen LogP contribution in [0.4, 0.5) is 9.93 Å². The third kappa shape index (κ3) is 4.43. The minimum Gasteiger partial charge on any atom is -0.338 e. The standard InChI is InChI=1S/C17H21N5OS/c18-12-13-5-6-14-15(11-13)24-17(20-14)21-16(23)19-7-4-10-22-8-2-1-3-9-22/h5-6,11H,1-4,7-10H2,(H2,19,20,21,23). The van der Waals surface area contributed by atoms with Gasteiger partial charge in [0, 0.05) is 6.54 Å². The van der Waals surface area contributed by atoms with E-state index in [1.165, 1.54) is 43.7 Å². The van der Waals surface area contributed by atoms with Crippen LogP contribution in [0.3, 0.4) is 0 Å². The fraction of sp³-hybridized carbons (Fsp3) is 0.471. The van der Waals surface area contributed by atoms with E-state index in [1.54, 1.807) is 18.2 Å². The van der Waals surface area contributed by atoms with Gasteiger partial charge in [-0.25, -0.2) is 9.78 Å². The molecular formula is C17H21N5OS. The first-order valence-electron chi connectivity index (χ1n) is 8.32. The molecule has 0 aliphatic carbocycles. The number of anilines is 1. The minimum absolute atomic E-state index is 0.229. The summed E-state index contributed by atoms with van der Waals surface area (Å²) in [7, 11) is 0. The quantitative estimate of drug-likeness (QED) is 0.817. The normalized spacial score (nSPS) is 15.1. The van der Waals surface area contributed by atoms with E-state index in [1.807, 2.05) is 0 Å². The van der Waals surface area contributed by atoms with Crippen LogP contribution in [0.15, 0.2) is 18.2 Å². The lowest BCUT2D eigenvalue weighted by Gasteiger charge is -2.26. The first-order chi connectivity index (χ1) is 11.7. The number of thiazole rings is 1. The molecule has 2 aromatic rings. The van der Waals surface area contributed by atoms with Gasteiger partial charge < -0.3 is 10.2 Å². The molecule has 0 atom stereocenters. The molecule has 1 fully saturated rings. The average Bonchev–Trinajstić information content (AvgIpc) is 3.00. The number of nitrogens with zero attached hydrogens (tertiary/aromatic N) is 3. The fourth-order valence-electron chi connectivity index (χ4n) is 2.88. The van der Waals surface area contributed by atoms with Gasteiger partial charge in [-0.15, -0.1) is 0 Å². The SMILES string of the molecule is N#Cc1ccc2nc(NC(=O)NCCCN3CCCCC3)sc2c1. The maximum atomic E-state index is 11.9. The number of fused-ring (bicyclic) bond motifs is 1. The van der Waals surface area contributed by atoms with E-state index >= 15 is 0 Å². The molecule has 2 N–H and O–H groups in total. The summed E-state index contributed by atoms with van der Waals surface area (Å²) in [4.78, 5) is 18.8. The predicted octanol–water partition coefficient (Wildman–Crippen LogP) is 3.17. The summed E-state index contributed by atoms with van der Waals surface area (Å²) >= 11 is 1.37. The number of aromatic nitrogens is 1. The average molecular weight is 343 g/mol. The van der Waals surface area contributed by atoms with Crippen molar-refractivity contribution >= 4 is 32.7 Å². The van der Waals surface area contributed by atoms with Crippen LogP contribution in [-0.4, -0.2) is 42.1 Å². The Hall–Kier alpha value is -2.17. The van der Waals surface area contributed by atoms with Crippen LogP contribution in [0.1, 0.15) is 31.2 Å². The highest BCUT2D eigenvalue weighted by atomic mass is 32.1.